The Morgan fingerprint density at radius 3 is 2.78 bits per heavy atom. The molecule has 7 heteroatoms. The molecule has 4 rings (SSSR count). The average Bonchev–Trinajstić information content (AvgIpc) is 2.94. The summed E-state index contributed by atoms with van der Waals surface area (Å²) < 4.78 is 13.5. The lowest BCUT2D eigenvalue weighted by Gasteiger charge is -1.98. The van der Waals surface area contributed by atoms with E-state index in [-0.39, 0.29) is 11.8 Å². The van der Waals surface area contributed by atoms with Gasteiger partial charge in [-0.05, 0) is 12.1 Å². The molecule has 2 aromatic carbocycles. The zero-order valence-electron chi connectivity index (χ0n) is 11.9. The van der Waals surface area contributed by atoms with Crippen molar-refractivity contribution in [1.82, 2.24) is 20.2 Å². The first kappa shape index (κ1) is 13.3. The fourth-order valence-corrected chi connectivity index (χ4v) is 2.31. The topological polar surface area (TPSA) is 78.8 Å². The predicted octanol–water partition coefficient (Wildman–Crippen LogP) is 3.09. The summed E-state index contributed by atoms with van der Waals surface area (Å²) in [7, 11) is 0. The lowest BCUT2D eigenvalue weighted by atomic mass is 10.2. The van der Waals surface area contributed by atoms with Gasteiger partial charge in [-0.25, -0.2) is 9.82 Å². The van der Waals surface area contributed by atoms with Crippen molar-refractivity contribution >= 4 is 34.2 Å². The zero-order chi connectivity index (χ0) is 15.6. The van der Waals surface area contributed by atoms with Gasteiger partial charge in [-0.1, -0.05) is 36.4 Å². The number of hydrogen-bond donors (Lipinski definition) is 2. The van der Waals surface area contributed by atoms with Crippen molar-refractivity contribution in [3.8, 4) is 0 Å². The summed E-state index contributed by atoms with van der Waals surface area (Å²) in [4.78, 5) is 7.49. The number of H-pyrrole nitrogens is 1. The van der Waals surface area contributed by atoms with Gasteiger partial charge in [0.1, 0.15) is 11.3 Å². The van der Waals surface area contributed by atoms with Crippen LogP contribution in [0.2, 0.25) is 0 Å². The average molecular weight is 306 g/mol. The van der Waals surface area contributed by atoms with Crippen LogP contribution in [-0.2, 0) is 0 Å². The van der Waals surface area contributed by atoms with Crippen LogP contribution in [0.3, 0.4) is 0 Å². The van der Waals surface area contributed by atoms with E-state index in [0.29, 0.717) is 16.7 Å². The van der Waals surface area contributed by atoms with E-state index in [1.54, 1.807) is 18.2 Å². The molecule has 112 valence electrons. The molecule has 0 aliphatic carbocycles. The van der Waals surface area contributed by atoms with Crippen LogP contribution in [0, 0.1) is 5.82 Å². The molecule has 2 heterocycles. The van der Waals surface area contributed by atoms with Crippen molar-refractivity contribution in [2.45, 2.75) is 0 Å². The number of para-hydroxylation sites is 1. The number of nitrogens with zero attached hydrogens (tertiary/aromatic N) is 4. The van der Waals surface area contributed by atoms with E-state index in [2.05, 4.69) is 30.7 Å². The first-order valence-corrected chi connectivity index (χ1v) is 6.96. The zero-order valence-corrected chi connectivity index (χ0v) is 11.9. The van der Waals surface area contributed by atoms with Gasteiger partial charge in [-0.3, -0.25) is 0 Å². The summed E-state index contributed by atoms with van der Waals surface area (Å²) in [5.41, 5.74) is 5.28. The number of halogens is 1. The second-order valence-corrected chi connectivity index (χ2v) is 4.89. The van der Waals surface area contributed by atoms with E-state index in [0.717, 1.165) is 10.9 Å². The van der Waals surface area contributed by atoms with Crippen molar-refractivity contribution < 1.29 is 4.39 Å². The summed E-state index contributed by atoms with van der Waals surface area (Å²) in [5.74, 6) is -0.111. The molecule has 0 unspecified atom stereocenters. The van der Waals surface area contributed by atoms with Gasteiger partial charge in [-0.15, -0.1) is 10.2 Å². The van der Waals surface area contributed by atoms with Crippen molar-refractivity contribution in [1.29, 1.82) is 0 Å². The number of hydrazone groups is 1. The highest BCUT2D eigenvalue weighted by molar-refractivity contribution is 6.03. The van der Waals surface area contributed by atoms with E-state index in [4.69, 9.17) is 0 Å². The van der Waals surface area contributed by atoms with Gasteiger partial charge in [0, 0.05) is 16.5 Å². The number of fused-ring (bicyclic) bond motifs is 3. The van der Waals surface area contributed by atoms with Crippen molar-refractivity contribution in [2.24, 2.45) is 5.10 Å². The van der Waals surface area contributed by atoms with Crippen LogP contribution < -0.4 is 5.43 Å². The normalized spacial score (nSPS) is 11.5. The quantitative estimate of drug-likeness (QED) is 0.450. The second kappa shape index (κ2) is 5.45. The standard InChI is InChI=1S/C16H11FN6/c17-12-7-3-1-5-10(12)9-18-22-16-20-15-14(21-23-16)11-6-2-4-8-13(11)19-15/h1-9H,(H2,19,20,22,23). The highest BCUT2D eigenvalue weighted by atomic mass is 19.1. The fourth-order valence-electron chi connectivity index (χ4n) is 2.31. The van der Waals surface area contributed by atoms with Gasteiger partial charge in [0.15, 0.2) is 5.65 Å². The lowest BCUT2D eigenvalue weighted by molar-refractivity contribution is 0.626. The van der Waals surface area contributed by atoms with Crippen molar-refractivity contribution in [3.05, 3.63) is 59.9 Å². The third-order valence-electron chi connectivity index (χ3n) is 3.40. The Bertz CT molecular complexity index is 1020. The van der Waals surface area contributed by atoms with Gasteiger partial charge < -0.3 is 4.98 Å². The summed E-state index contributed by atoms with van der Waals surface area (Å²) in [6.45, 7) is 0. The van der Waals surface area contributed by atoms with E-state index in [1.807, 2.05) is 24.3 Å². The molecule has 0 saturated carbocycles. The fraction of sp³-hybridized carbons (Fsp3) is 0. The monoisotopic (exact) mass is 306 g/mol. The molecule has 0 fully saturated rings. The highest BCUT2D eigenvalue weighted by Crippen LogP contribution is 2.21. The maximum atomic E-state index is 13.5. The Morgan fingerprint density at radius 2 is 1.87 bits per heavy atom. The Hall–Kier alpha value is -3.35. The number of nitrogens with one attached hydrogen (secondary N) is 2. The summed E-state index contributed by atoms with van der Waals surface area (Å²) in [5, 5.41) is 13.0. The molecule has 23 heavy (non-hydrogen) atoms. The lowest BCUT2D eigenvalue weighted by Crippen LogP contribution is -1.99. The molecule has 0 saturated heterocycles. The largest absolute Gasteiger partial charge is 0.338 e. The molecule has 0 aliphatic rings. The minimum atomic E-state index is -0.344. The molecule has 2 aromatic heterocycles. The van der Waals surface area contributed by atoms with Crippen molar-refractivity contribution in [3.63, 3.8) is 0 Å². The first-order valence-electron chi connectivity index (χ1n) is 6.96. The molecule has 0 atom stereocenters. The maximum Gasteiger partial charge on any atom is 0.265 e. The minimum Gasteiger partial charge on any atom is -0.338 e. The maximum absolute atomic E-state index is 13.5. The smallest absolute Gasteiger partial charge is 0.265 e. The van der Waals surface area contributed by atoms with E-state index in [9.17, 15) is 4.39 Å². The van der Waals surface area contributed by atoms with Gasteiger partial charge in [0.05, 0.1) is 6.21 Å². The van der Waals surface area contributed by atoms with E-state index >= 15 is 0 Å². The van der Waals surface area contributed by atoms with Crippen LogP contribution in [0.1, 0.15) is 5.56 Å². The summed E-state index contributed by atoms with van der Waals surface area (Å²) >= 11 is 0. The minimum absolute atomic E-state index is 0.233. The summed E-state index contributed by atoms with van der Waals surface area (Å²) in [6, 6.07) is 14.1. The van der Waals surface area contributed by atoms with Gasteiger partial charge >= 0.3 is 0 Å². The molecule has 0 spiro atoms. The third-order valence-corrected chi connectivity index (χ3v) is 3.40. The Balaban J connectivity index is 1.62. The van der Waals surface area contributed by atoms with Gasteiger partial charge in [-0.2, -0.15) is 10.1 Å². The molecule has 0 bridgehead atoms. The Kier molecular flexibility index (Phi) is 3.16. The Labute approximate surface area is 130 Å². The van der Waals surface area contributed by atoms with Crippen LogP contribution in [0.4, 0.5) is 10.3 Å². The molecule has 2 N–H and O–H groups in total. The molecule has 0 radical (unpaired) electrons. The SMILES string of the molecule is Fc1ccccc1C=NNc1nnc2c(n1)[nH]c1ccccc12. The van der Waals surface area contributed by atoms with Crippen LogP contribution in [0.15, 0.2) is 53.6 Å². The van der Waals surface area contributed by atoms with Crippen LogP contribution >= 0.6 is 0 Å². The van der Waals surface area contributed by atoms with E-state index in [1.165, 1.54) is 12.3 Å². The van der Waals surface area contributed by atoms with Gasteiger partial charge in [0.25, 0.3) is 5.95 Å². The Morgan fingerprint density at radius 1 is 1.04 bits per heavy atom. The third kappa shape index (κ3) is 2.48. The molecule has 6 nitrogen and oxygen atoms in total. The number of hydrogen-bond acceptors (Lipinski definition) is 5. The van der Waals surface area contributed by atoms with Crippen molar-refractivity contribution in [2.75, 3.05) is 5.43 Å². The van der Waals surface area contributed by atoms with Crippen LogP contribution in [0.25, 0.3) is 22.1 Å². The van der Waals surface area contributed by atoms with E-state index < -0.39 is 0 Å². The number of rotatable bonds is 3. The summed E-state index contributed by atoms with van der Waals surface area (Å²) in [6.07, 6.45) is 1.37. The number of benzene rings is 2. The number of anilines is 1. The number of aromatic amines is 1. The molecule has 0 amide bonds. The second-order valence-electron chi connectivity index (χ2n) is 4.89. The predicted molar refractivity (Wildman–Crippen MR) is 86.8 cm³/mol. The first-order chi connectivity index (χ1) is 11.3. The van der Waals surface area contributed by atoms with Crippen LogP contribution in [-0.4, -0.2) is 26.4 Å². The molecule has 0 aliphatic heterocycles. The van der Waals surface area contributed by atoms with Gasteiger partial charge in [0.2, 0.25) is 0 Å². The molecular formula is C16H11FN6. The molecule has 4 aromatic rings. The van der Waals surface area contributed by atoms with Crippen LogP contribution in [0.5, 0.6) is 0 Å². The highest BCUT2D eigenvalue weighted by Gasteiger charge is 2.07. The number of aromatic nitrogens is 4. The molecular weight excluding hydrogens is 295 g/mol.